The highest BCUT2D eigenvalue weighted by Gasteiger charge is 2.17. The number of hydrogen-bond acceptors (Lipinski definition) is 3. The van der Waals surface area contributed by atoms with Crippen molar-refractivity contribution in [2.24, 2.45) is 10.9 Å². The van der Waals surface area contributed by atoms with Gasteiger partial charge in [0.15, 0.2) is 0 Å². The van der Waals surface area contributed by atoms with Crippen molar-refractivity contribution >= 4 is 39.4 Å². The number of nitrogens with zero attached hydrogens (tertiary/aromatic N) is 2. The van der Waals surface area contributed by atoms with E-state index < -0.39 is 0 Å². The largest absolute Gasteiger partial charge is 0.437 e. The van der Waals surface area contributed by atoms with Crippen LogP contribution < -0.4 is 0 Å². The lowest BCUT2D eigenvalue weighted by Crippen LogP contribution is -1.95. The second-order valence-corrected chi connectivity index (χ2v) is 8.69. The molecule has 162 valence electrons. The molecule has 4 aromatic rings. The van der Waals surface area contributed by atoms with E-state index in [4.69, 9.17) is 4.42 Å². The number of aliphatic imine (C=N–C) groups is 1. The Morgan fingerprint density at radius 2 is 1.84 bits per heavy atom. The van der Waals surface area contributed by atoms with Crippen molar-refractivity contribution in [3.05, 3.63) is 89.1 Å². The monoisotopic (exact) mass is 422 g/mol. The third-order valence-electron chi connectivity index (χ3n) is 5.81. The molecule has 4 rings (SSSR count). The van der Waals surface area contributed by atoms with E-state index in [2.05, 4.69) is 86.2 Å². The molecule has 0 bridgehead atoms. The van der Waals surface area contributed by atoms with Crippen LogP contribution in [0.25, 0.3) is 33.2 Å². The molecule has 0 saturated heterocycles. The van der Waals surface area contributed by atoms with E-state index in [1.165, 1.54) is 22.3 Å². The summed E-state index contributed by atoms with van der Waals surface area (Å²) in [6, 6.07) is 17.2. The Bertz CT molecular complexity index is 1340. The molecule has 0 saturated carbocycles. The van der Waals surface area contributed by atoms with E-state index in [0.717, 1.165) is 33.9 Å². The first-order chi connectivity index (χ1) is 15.5. The topological polar surface area (TPSA) is 38.4 Å². The highest BCUT2D eigenvalue weighted by molar-refractivity contribution is 6.10. The van der Waals surface area contributed by atoms with Crippen molar-refractivity contribution in [1.29, 1.82) is 0 Å². The van der Waals surface area contributed by atoms with Crippen molar-refractivity contribution in [1.82, 2.24) is 4.98 Å². The summed E-state index contributed by atoms with van der Waals surface area (Å²) in [6.07, 6.45) is 8.81. The normalized spacial score (nSPS) is 13.2. The van der Waals surface area contributed by atoms with Gasteiger partial charge in [-0.15, -0.1) is 0 Å². The maximum absolute atomic E-state index is 6.26. The summed E-state index contributed by atoms with van der Waals surface area (Å²) >= 11 is 0. The maximum atomic E-state index is 6.26. The lowest BCUT2D eigenvalue weighted by molar-refractivity contribution is 0.647. The van der Waals surface area contributed by atoms with Gasteiger partial charge >= 0.3 is 0 Å². The van der Waals surface area contributed by atoms with Gasteiger partial charge in [-0.05, 0) is 72.2 Å². The van der Waals surface area contributed by atoms with E-state index in [0.29, 0.717) is 11.6 Å². The fourth-order valence-corrected chi connectivity index (χ4v) is 4.33. The van der Waals surface area contributed by atoms with Crippen LogP contribution in [-0.2, 0) is 6.42 Å². The van der Waals surface area contributed by atoms with E-state index in [1.807, 2.05) is 18.4 Å². The Morgan fingerprint density at radius 3 is 2.56 bits per heavy atom. The molecule has 3 nitrogen and oxygen atoms in total. The molecule has 2 heterocycles. The first-order valence-electron chi connectivity index (χ1n) is 11.2. The Kier molecular flexibility index (Phi) is 6.36. The van der Waals surface area contributed by atoms with E-state index >= 15 is 0 Å². The highest BCUT2D eigenvalue weighted by Crippen LogP contribution is 2.38. The van der Waals surface area contributed by atoms with E-state index in [1.54, 1.807) is 13.2 Å². The van der Waals surface area contributed by atoms with Gasteiger partial charge < -0.3 is 4.42 Å². The number of pyridine rings is 1. The number of aromatic nitrogens is 1. The summed E-state index contributed by atoms with van der Waals surface area (Å²) < 4.78 is 6.26. The summed E-state index contributed by atoms with van der Waals surface area (Å²) in [7, 11) is 1.79. The maximum Gasteiger partial charge on any atom is 0.227 e. The second-order valence-electron chi connectivity index (χ2n) is 8.69. The van der Waals surface area contributed by atoms with Crippen molar-refractivity contribution in [2.75, 3.05) is 7.05 Å². The van der Waals surface area contributed by atoms with Gasteiger partial charge in [-0.3, -0.25) is 4.99 Å². The van der Waals surface area contributed by atoms with Crippen molar-refractivity contribution in [2.45, 2.75) is 34.1 Å². The third-order valence-corrected chi connectivity index (χ3v) is 5.81. The van der Waals surface area contributed by atoms with Crippen molar-refractivity contribution in [3.63, 3.8) is 0 Å². The molecule has 0 atom stereocenters. The van der Waals surface area contributed by atoms with Gasteiger partial charge in [0, 0.05) is 35.8 Å². The lowest BCUT2D eigenvalue weighted by atomic mass is 9.90. The number of allylic oxidation sites excluding steroid dienone is 4. The van der Waals surface area contributed by atoms with Gasteiger partial charge in [-0.25, -0.2) is 4.98 Å². The lowest BCUT2D eigenvalue weighted by Gasteiger charge is -2.14. The third kappa shape index (κ3) is 4.29. The van der Waals surface area contributed by atoms with Gasteiger partial charge in [0.1, 0.15) is 5.58 Å². The molecule has 0 spiro atoms. The van der Waals surface area contributed by atoms with Crippen LogP contribution in [0.5, 0.6) is 0 Å². The van der Waals surface area contributed by atoms with Crippen molar-refractivity contribution < 1.29 is 4.42 Å². The molecule has 3 heteroatoms. The first kappa shape index (κ1) is 21.8. The van der Waals surface area contributed by atoms with Crippen LogP contribution in [0, 0.1) is 12.8 Å². The highest BCUT2D eigenvalue weighted by atomic mass is 16.3. The molecule has 0 amide bonds. The zero-order chi connectivity index (χ0) is 22.7. The Balaban J connectivity index is 1.93. The molecule has 32 heavy (non-hydrogen) atoms. The fraction of sp³-hybridized carbons (Fsp3) is 0.241. The fourth-order valence-electron chi connectivity index (χ4n) is 4.33. The molecule has 0 unspecified atom stereocenters. The SMILES string of the molecule is CN=C/C=C\C(=C(/C)c1c(C)ccc2c1oc1ncccc12)c1ccc(CC(C)C)cc1. The Labute approximate surface area is 190 Å². The number of aryl methyl sites for hydroxylation is 1. The minimum absolute atomic E-state index is 0.639. The summed E-state index contributed by atoms with van der Waals surface area (Å²) in [5, 5.41) is 2.14. The molecule has 0 N–H and O–H groups in total. The van der Waals surface area contributed by atoms with Crippen LogP contribution in [0.3, 0.4) is 0 Å². The number of furan rings is 1. The molecule has 2 aromatic heterocycles. The predicted molar refractivity (Wildman–Crippen MR) is 137 cm³/mol. The number of benzene rings is 2. The summed E-state index contributed by atoms with van der Waals surface area (Å²) in [6.45, 7) is 8.82. The zero-order valence-corrected chi connectivity index (χ0v) is 19.5. The predicted octanol–water partition coefficient (Wildman–Crippen LogP) is 7.68. The summed E-state index contributed by atoms with van der Waals surface area (Å²) in [5.41, 5.74) is 8.75. The molecule has 0 aliphatic carbocycles. The van der Waals surface area contributed by atoms with Crippen LogP contribution in [0.2, 0.25) is 0 Å². The smallest absolute Gasteiger partial charge is 0.227 e. The van der Waals surface area contributed by atoms with Crippen LogP contribution in [-0.4, -0.2) is 18.2 Å². The summed E-state index contributed by atoms with van der Waals surface area (Å²) in [5.74, 6) is 0.639. The number of hydrogen-bond donors (Lipinski definition) is 0. The Morgan fingerprint density at radius 1 is 1.06 bits per heavy atom. The number of fused-ring (bicyclic) bond motifs is 3. The van der Waals surface area contributed by atoms with Crippen molar-refractivity contribution in [3.8, 4) is 0 Å². The summed E-state index contributed by atoms with van der Waals surface area (Å²) in [4.78, 5) is 8.55. The molecule has 0 aliphatic heterocycles. The molecule has 2 aromatic carbocycles. The Hall–Kier alpha value is -3.46. The van der Waals surface area contributed by atoms with Gasteiger partial charge in [0.2, 0.25) is 5.71 Å². The van der Waals surface area contributed by atoms with Crippen LogP contribution in [0.1, 0.15) is 43.0 Å². The van der Waals surface area contributed by atoms with Gasteiger partial charge in [0.05, 0.1) is 0 Å². The minimum atomic E-state index is 0.639. The van der Waals surface area contributed by atoms with Crippen LogP contribution >= 0.6 is 0 Å². The molecule has 0 aliphatic rings. The van der Waals surface area contributed by atoms with Gasteiger partial charge in [-0.2, -0.15) is 0 Å². The van der Waals surface area contributed by atoms with Gasteiger partial charge in [0.25, 0.3) is 0 Å². The van der Waals surface area contributed by atoms with E-state index in [9.17, 15) is 0 Å². The molecule has 0 radical (unpaired) electrons. The second kappa shape index (κ2) is 9.35. The molecular weight excluding hydrogens is 392 g/mol. The standard InChI is InChI=1S/C29H30N2O/c1-19(2)18-22-11-13-23(14-12-22)24(8-6-16-30-5)21(4)27-20(3)10-15-25-26-9-7-17-31-29(26)32-28(25)27/h6-17,19H,18H2,1-5H3/b8-6-,24-21-,30-16?. The minimum Gasteiger partial charge on any atom is -0.437 e. The van der Waals surface area contributed by atoms with Crippen LogP contribution in [0.15, 0.2) is 76.3 Å². The van der Waals surface area contributed by atoms with Gasteiger partial charge in [-0.1, -0.05) is 56.3 Å². The first-order valence-corrected chi connectivity index (χ1v) is 11.2. The average Bonchev–Trinajstić information content (AvgIpc) is 3.15. The zero-order valence-electron chi connectivity index (χ0n) is 19.5. The quantitative estimate of drug-likeness (QED) is 0.182. The van der Waals surface area contributed by atoms with Crippen LogP contribution in [0.4, 0.5) is 0 Å². The molecular formula is C29H30N2O. The number of rotatable bonds is 6. The molecule has 0 fully saturated rings. The van der Waals surface area contributed by atoms with E-state index in [-0.39, 0.29) is 0 Å². The average molecular weight is 423 g/mol.